The van der Waals surface area contributed by atoms with E-state index in [1.54, 1.807) is 41.5 Å². The Kier molecular flexibility index (Phi) is 6.34. The summed E-state index contributed by atoms with van der Waals surface area (Å²) in [6, 6.07) is 11.3. The fourth-order valence-corrected chi connectivity index (χ4v) is 5.92. The Morgan fingerprint density at radius 1 is 0.976 bits per heavy atom. The summed E-state index contributed by atoms with van der Waals surface area (Å²) in [5, 5.41) is 8.69. The average molecular weight is 584 g/mol. The predicted octanol–water partition coefficient (Wildman–Crippen LogP) is 4.42. The van der Waals surface area contributed by atoms with Crippen LogP contribution in [-0.4, -0.2) is 57.0 Å². The third-order valence-corrected chi connectivity index (χ3v) is 8.35. The lowest BCUT2D eigenvalue weighted by Gasteiger charge is -2.39. The first-order valence-electron chi connectivity index (χ1n) is 12.6. The summed E-state index contributed by atoms with van der Waals surface area (Å²) >= 11 is 0. The molecule has 10 nitrogen and oxygen atoms in total. The van der Waals surface area contributed by atoms with E-state index in [1.807, 2.05) is 11.8 Å². The largest absolute Gasteiger partial charge is 0.416 e. The molecule has 0 atom stereocenters. The van der Waals surface area contributed by atoms with Gasteiger partial charge in [0.1, 0.15) is 29.5 Å². The van der Waals surface area contributed by atoms with Crippen molar-refractivity contribution in [2.75, 3.05) is 18.0 Å². The van der Waals surface area contributed by atoms with Crippen molar-refractivity contribution < 1.29 is 25.8 Å². The van der Waals surface area contributed by atoms with Gasteiger partial charge in [-0.2, -0.15) is 31.8 Å². The predicted molar refractivity (Wildman–Crippen MR) is 144 cm³/mol. The van der Waals surface area contributed by atoms with Gasteiger partial charge in [0.15, 0.2) is 5.82 Å². The minimum atomic E-state index is -4.45. The van der Waals surface area contributed by atoms with Crippen LogP contribution in [0.15, 0.2) is 66.0 Å². The van der Waals surface area contributed by atoms with Crippen molar-refractivity contribution in [3.8, 4) is 22.5 Å². The van der Waals surface area contributed by atoms with Gasteiger partial charge in [-0.05, 0) is 38.1 Å². The summed E-state index contributed by atoms with van der Waals surface area (Å²) < 4.78 is 73.6. The number of imidazole rings is 1. The third-order valence-electron chi connectivity index (χ3n) is 6.97. The summed E-state index contributed by atoms with van der Waals surface area (Å²) in [4.78, 5) is 11.1. The molecule has 1 aliphatic heterocycles. The molecule has 0 saturated carbocycles. The van der Waals surface area contributed by atoms with Crippen LogP contribution in [-0.2, 0) is 27.5 Å². The molecule has 0 aliphatic carbocycles. The van der Waals surface area contributed by atoms with Gasteiger partial charge in [0, 0.05) is 31.3 Å². The minimum Gasteiger partial charge on any atom is -0.349 e. The summed E-state index contributed by atoms with van der Waals surface area (Å²) in [6.45, 7) is 4.17. The average Bonchev–Trinajstić information content (AvgIpc) is 3.45. The molecule has 0 radical (unpaired) electrons. The van der Waals surface area contributed by atoms with Crippen LogP contribution in [0.5, 0.6) is 0 Å². The van der Waals surface area contributed by atoms with Crippen molar-refractivity contribution in [3.05, 3.63) is 78.0 Å². The number of rotatable bonds is 6. The van der Waals surface area contributed by atoms with Gasteiger partial charge in [0.2, 0.25) is 0 Å². The molecule has 14 heteroatoms. The van der Waals surface area contributed by atoms with E-state index < -0.39 is 28.0 Å². The number of alkyl halides is 3. The van der Waals surface area contributed by atoms with Crippen molar-refractivity contribution in [2.45, 2.75) is 31.0 Å². The van der Waals surface area contributed by atoms with Crippen molar-refractivity contribution in [1.82, 2.24) is 29.4 Å². The summed E-state index contributed by atoms with van der Waals surface area (Å²) in [5.74, 6) is 1.08. The van der Waals surface area contributed by atoms with Crippen LogP contribution in [0.2, 0.25) is 0 Å². The number of hydrogen-bond acceptors (Lipinski definition) is 8. The first-order valence-corrected chi connectivity index (χ1v) is 14.0. The SMILES string of the molecule is Cc1ccc(S(=O)(=O)OC2CN(c3ncnn4c(C)nc(-c5cnn(C)c5-c5ccc(C(F)(F)F)cc5)c34)C2)cc1. The first kappa shape index (κ1) is 26.9. The van der Waals surface area contributed by atoms with Crippen LogP contribution in [0.3, 0.4) is 0 Å². The molecule has 1 saturated heterocycles. The Morgan fingerprint density at radius 3 is 2.32 bits per heavy atom. The van der Waals surface area contributed by atoms with E-state index in [1.165, 1.54) is 30.6 Å². The molecule has 0 bridgehead atoms. The molecule has 0 spiro atoms. The maximum atomic E-state index is 13.2. The van der Waals surface area contributed by atoms with Crippen molar-refractivity contribution in [3.63, 3.8) is 0 Å². The normalized spacial score (nSPS) is 14.5. The summed E-state index contributed by atoms with van der Waals surface area (Å²) in [6.07, 6.45) is -2.04. The van der Waals surface area contributed by atoms with Crippen LogP contribution >= 0.6 is 0 Å². The van der Waals surface area contributed by atoms with Crippen LogP contribution in [0.25, 0.3) is 28.0 Å². The van der Waals surface area contributed by atoms with Crippen LogP contribution in [0.1, 0.15) is 17.0 Å². The fourth-order valence-electron chi connectivity index (χ4n) is 4.86. The third kappa shape index (κ3) is 4.82. The number of halogens is 3. The minimum absolute atomic E-state index is 0.0899. The molecular weight excluding hydrogens is 559 g/mol. The van der Waals surface area contributed by atoms with Gasteiger partial charge in [-0.3, -0.25) is 8.86 Å². The molecule has 0 unspecified atom stereocenters. The highest BCUT2D eigenvalue weighted by molar-refractivity contribution is 7.86. The molecule has 0 N–H and O–H groups in total. The van der Waals surface area contributed by atoms with Crippen molar-refractivity contribution >= 4 is 21.5 Å². The van der Waals surface area contributed by atoms with E-state index in [0.717, 1.165) is 17.7 Å². The summed E-state index contributed by atoms with van der Waals surface area (Å²) in [7, 11) is -2.24. The molecule has 41 heavy (non-hydrogen) atoms. The van der Waals surface area contributed by atoms with E-state index in [-0.39, 0.29) is 18.0 Å². The molecule has 3 aromatic heterocycles. The van der Waals surface area contributed by atoms with Gasteiger partial charge >= 0.3 is 6.18 Å². The topological polar surface area (TPSA) is 108 Å². The standard InChI is InChI=1S/C27H24F3N7O3S/c1-16-4-10-21(11-5-16)41(38,39)40-20-13-36(14-20)26-25-23(34-17(2)37(25)33-15-31-26)22-12-32-35(3)24(22)18-6-8-19(9-7-18)27(28,29)30/h4-12,15,20H,13-14H2,1-3H3. The van der Waals surface area contributed by atoms with Crippen LogP contribution < -0.4 is 4.90 Å². The zero-order chi connectivity index (χ0) is 29.1. The molecule has 2 aromatic carbocycles. The van der Waals surface area contributed by atoms with E-state index >= 15 is 0 Å². The Morgan fingerprint density at radius 2 is 1.66 bits per heavy atom. The second-order valence-corrected chi connectivity index (χ2v) is 11.4. The number of aryl methyl sites for hydroxylation is 3. The molecule has 0 amide bonds. The molecule has 1 aliphatic rings. The van der Waals surface area contributed by atoms with E-state index in [4.69, 9.17) is 9.17 Å². The lowest BCUT2D eigenvalue weighted by atomic mass is 10.0. The molecular formula is C27H24F3N7O3S. The number of hydrogen-bond donors (Lipinski definition) is 0. The number of nitrogens with zero attached hydrogens (tertiary/aromatic N) is 7. The zero-order valence-corrected chi connectivity index (χ0v) is 23.0. The van der Waals surface area contributed by atoms with Gasteiger partial charge in [-0.25, -0.2) is 14.5 Å². The van der Waals surface area contributed by atoms with Gasteiger partial charge < -0.3 is 4.90 Å². The lowest BCUT2D eigenvalue weighted by molar-refractivity contribution is -0.137. The van der Waals surface area contributed by atoms with Gasteiger partial charge in [-0.1, -0.05) is 29.8 Å². The highest BCUT2D eigenvalue weighted by Crippen LogP contribution is 2.39. The molecule has 1 fully saturated rings. The maximum absolute atomic E-state index is 13.2. The molecule has 4 heterocycles. The molecule has 6 rings (SSSR count). The maximum Gasteiger partial charge on any atom is 0.416 e. The quantitative estimate of drug-likeness (QED) is 0.271. The van der Waals surface area contributed by atoms with Crippen LogP contribution in [0.4, 0.5) is 19.0 Å². The van der Waals surface area contributed by atoms with Crippen molar-refractivity contribution in [2.24, 2.45) is 7.05 Å². The molecule has 5 aromatic rings. The van der Waals surface area contributed by atoms with Crippen LogP contribution in [0, 0.1) is 13.8 Å². The lowest BCUT2D eigenvalue weighted by Crippen LogP contribution is -2.53. The van der Waals surface area contributed by atoms with E-state index in [0.29, 0.717) is 39.7 Å². The number of benzene rings is 2. The van der Waals surface area contributed by atoms with Gasteiger partial charge in [-0.15, -0.1) is 0 Å². The number of anilines is 1. The number of aromatic nitrogens is 6. The fraction of sp³-hybridized carbons (Fsp3) is 0.259. The highest BCUT2D eigenvalue weighted by atomic mass is 32.2. The number of fused-ring (bicyclic) bond motifs is 1. The Balaban J connectivity index is 1.33. The Hall–Kier alpha value is -4.30. The second kappa shape index (κ2) is 9.66. The zero-order valence-electron chi connectivity index (χ0n) is 22.2. The second-order valence-electron chi connectivity index (χ2n) is 9.85. The summed E-state index contributed by atoms with van der Waals surface area (Å²) in [5.41, 5.74) is 2.94. The monoisotopic (exact) mass is 583 g/mol. The van der Waals surface area contributed by atoms with E-state index in [2.05, 4.69) is 15.2 Å². The molecule has 212 valence electrons. The first-order chi connectivity index (χ1) is 19.4. The van der Waals surface area contributed by atoms with Gasteiger partial charge in [0.05, 0.1) is 22.3 Å². The highest BCUT2D eigenvalue weighted by Gasteiger charge is 2.36. The Bertz CT molecular complexity index is 1860. The smallest absolute Gasteiger partial charge is 0.349 e. The Labute approximate surface area is 233 Å². The van der Waals surface area contributed by atoms with E-state index in [9.17, 15) is 21.6 Å². The van der Waals surface area contributed by atoms with Crippen molar-refractivity contribution in [1.29, 1.82) is 0 Å². The van der Waals surface area contributed by atoms with Gasteiger partial charge in [0.25, 0.3) is 10.1 Å².